The Bertz CT molecular complexity index is 272. The molecular formula is C9H12O4. The summed E-state index contributed by atoms with van der Waals surface area (Å²) in [6.45, 7) is 0. The number of benzene rings is 1. The van der Waals surface area contributed by atoms with Crippen molar-refractivity contribution in [2.45, 2.75) is 0 Å². The highest BCUT2D eigenvalue weighted by atomic mass is 17.2. The molecule has 0 aliphatic heterocycles. The summed E-state index contributed by atoms with van der Waals surface area (Å²) in [5.41, 5.74) is 0. The summed E-state index contributed by atoms with van der Waals surface area (Å²) < 4.78 is 10.1. The van der Waals surface area contributed by atoms with E-state index in [0.29, 0.717) is 17.2 Å². The van der Waals surface area contributed by atoms with Crippen LogP contribution >= 0.6 is 0 Å². The Morgan fingerprint density at radius 1 is 0.923 bits per heavy atom. The van der Waals surface area contributed by atoms with Crippen LogP contribution in [0, 0.1) is 0 Å². The number of hydrogen-bond acceptors (Lipinski definition) is 4. The summed E-state index contributed by atoms with van der Waals surface area (Å²) >= 11 is 0. The van der Waals surface area contributed by atoms with Crippen molar-refractivity contribution in [1.82, 2.24) is 0 Å². The molecule has 0 unspecified atom stereocenters. The first kappa shape index (κ1) is 9.67. The fraction of sp³-hybridized carbons (Fsp3) is 0.333. The van der Waals surface area contributed by atoms with Crippen molar-refractivity contribution in [3.05, 3.63) is 18.2 Å². The molecule has 0 radical (unpaired) electrons. The second kappa shape index (κ2) is 4.57. The molecule has 0 aliphatic rings. The Labute approximate surface area is 76.9 Å². The molecule has 1 aromatic carbocycles. The highest BCUT2D eigenvalue weighted by molar-refractivity contribution is 5.45. The molecule has 0 spiro atoms. The molecule has 0 bridgehead atoms. The molecule has 1 rings (SSSR count). The van der Waals surface area contributed by atoms with Gasteiger partial charge < -0.3 is 14.4 Å². The molecule has 13 heavy (non-hydrogen) atoms. The topological polar surface area (TPSA) is 36.9 Å². The summed E-state index contributed by atoms with van der Waals surface area (Å²) in [5, 5.41) is 0. The summed E-state index contributed by atoms with van der Waals surface area (Å²) in [4.78, 5) is 9.32. The van der Waals surface area contributed by atoms with Gasteiger partial charge in [-0.15, -0.1) is 0 Å². The lowest BCUT2D eigenvalue weighted by atomic mass is 10.3. The van der Waals surface area contributed by atoms with E-state index in [2.05, 4.69) is 4.89 Å². The van der Waals surface area contributed by atoms with Gasteiger partial charge in [-0.2, -0.15) is 4.89 Å². The number of hydrogen-bond donors (Lipinski definition) is 0. The highest BCUT2D eigenvalue weighted by Crippen LogP contribution is 2.30. The Kier molecular flexibility index (Phi) is 3.40. The molecule has 0 aliphatic carbocycles. The van der Waals surface area contributed by atoms with Crippen molar-refractivity contribution < 1.29 is 19.2 Å². The second-order valence-electron chi connectivity index (χ2n) is 2.27. The molecule has 0 saturated heterocycles. The van der Waals surface area contributed by atoms with Crippen LogP contribution in [0.5, 0.6) is 17.2 Å². The Balaban J connectivity index is 2.91. The van der Waals surface area contributed by atoms with E-state index >= 15 is 0 Å². The quantitative estimate of drug-likeness (QED) is 0.526. The minimum atomic E-state index is 0.570. The first-order valence-corrected chi connectivity index (χ1v) is 3.74. The maximum atomic E-state index is 5.06. The minimum Gasteiger partial charge on any atom is -0.493 e. The molecule has 0 aromatic heterocycles. The highest BCUT2D eigenvalue weighted by Gasteiger charge is 2.04. The van der Waals surface area contributed by atoms with Gasteiger partial charge in [0.15, 0.2) is 17.2 Å². The van der Waals surface area contributed by atoms with E-state index in [1.54, 1.807) is 32.4 Å². The molecule has 0 heterocycles. The lowest BCUT2D eigenvalue weighted by molar-refractivity contribution is -0.178. The fourth-order valence-corrected chi connectivity index (χ4v) is 0.965. The Morgan fingerprint density at radius 2 is 1.62 bits per heavy atom. The lowest BCUT2D eigenvalue weighted by Crippen LogP contribution is -1.93. The fourth-order valence-electron chi connectivity index (χ4n) is 0.965. The van der Waals surface area contributed by atoms with Gasteiger partial charge in [0.1, 0.15) is 0 Å². The monoisotopic (exact) mass is 184 g/mol. The van der Waals surface area contributed by atoms with Crippen LogP contribution in [0.15, 0.2) is 18.2 Å². The van der Waals surface area contributed by atoms with Crippen molar-refractivity contribution in [2.24, 2.45) is 0 Å². The SMILES string of the molecule is COOc1ccc(OC)c(OC)c1. The lowest BCUT2D eigenvalue weighted by Gasteiger charge is -2.08. The summed E-state index contributed by atoms with van der Waals surface area (Å²) in [6, 6.07) is 5.15. The molecular weight excluding hydrogens is 172 g/mol. The maximum Gasteiger partial charge on any atom is 0.169 e. The third kappa shape index (κ3) is 2.26. The molecule has 72 valence electrons. The third-order valence-corrected chi connectivity index (χ3v) is 1.53. The molecule has 0 N–H and O–H groups in total. The molecule has 1 aromatic rings. The van der Waals surface area contributed by atoms with Gasteiger partial charge in [-0.3, -0.25) is 0 Å². The zero-order valence-electron chi connectivity index (χ0n) is 7.87. The van der Waals surface area contributed by atoms with E-state index in [9.17, 15) is 0 Å². The van der Waals surface area contributed by atoms with Crippen LogP contribution in [0.4, 0.5) is 0 Å². The van der Waals surface area contributed by atoms with E-state index in [-0.39, 0.29) is 0 Å². The standard InChI is InChI=1S/C9H12O4/c1-10-8-5-4-7(13-12-3)6-9(8)11-2/h4-6H,1-3H3. The van der Waals surface area contributed by atoms with Gasteiger partial charge in [0.2, 0.25) is 0 Å². The molecule has 0 fully saturated rings. The minimum absolute atomic E-state index is 0.570. The Morgan fingerprint density at radius 3 is 2.15 bits per heavy atom. The van der Waals surface area contributed by atoms with Crippen LogP contribution in [-0.2, 0) is 4.89 Å². The summed E-state index contributed by atoms with van der Waals surface area (Å²) in [5.74, 6) is 1.84. The first-order chi connectivity index (χ1) is 6.31. The van der Waals surface area contributed by atoms with Crippen LogP contribution in [0.2, 0.25) is 0 Å². The van der Waals surface area contributed by atoms with E-state index in [1.165, 1.54) is 7.11 Å². The predicted octanol–water partition coefficient (Wildman–Crippen LogP) is 1.64. The van der Waals surface area contributed by atoms with Crippen molar-refractivity contribution in [3.63, 3.8) is 0 Å². The van der Waals surface area contributed by atoms with Crippen molar-refractivity contribution in [1.29, 1.82) is 0 Å². The van der Waals surface area contributed by atoms with E-state index in [4.69, 9.17) is 14.4 Å². The van der Waals surface area contributed by atoms with Crippen LogP contribution < -0.4 is 14.4 Å². The molecule has 0 amide bonds. The van der Waals surface area contributed by atoms with E-state index in [1.807, 2.05) is 0 Å². The van der Waals surface area contributed by atoms with Crippen LogP contribution in [0.3, 0.4) is 0 Å². The first-order valence-electron chi connectivity index (χ1n) is 3.74. The van der Waals surface area contributed by atoms with Gasteiger partial charge in [-0.05, 0) is 12.1 Å². The number of ether oxygens (including phenoxy) is 2. The Hall–Kier alpha value is -1.42. The van der Waals surface area contributed by atoms with Gasteiger partial charge in [0.05, 0.1) is 21.3 Å². The largest absolute Gasteiger partial charge is 0.493 e. The van der Waals surface area contributed by atoms with Gasteiger partial charge in [0.25, 0.3) is 0 Å². The van der Waals surface area contributed by atoms with Crippen LogP contribution in [0.25, 0.3) is 0 Å². The average molecular weight is 184 g/mol. The van der Waals surface area contributed by atoms with Gasteiger partial charge in [-0.1, -0.05) is 0 Å². The van der Waals surface area contributed by atoms with Crippen molar-refractivity contribution >= 4 is 0 Å². The molecule has 0 saturated carbocycles. The third-order valence-electron chi connectivity index (χ3n) is 1.53. The molecule has 4 nitrogen and oxygen atoms in total. The molecule has 0 atom stereocenters. The van der Waals surface area contributed by atoms with Gasteiger partial charge in [-0.25, -0.2) is 0 Å². The zero-order valence-corrected chi connectivity index (χ0v) is 7.87. The second-order valence-corrected chi connectivity index (χ2v) is 2.27. The maximum absolute atomic E-state index is 5.06. The van der Waals surface area contributed by atoms with Crippen LogP contribution in [-0.4, -0.2) is 21.3 Å². The van der Waals surface area contributed by atoms with E-state index in [0.717, 1.165) is 0 Å². The van der Waals surface area contributed by atoms with E-state index < -0.39 is 0 Å². The number of rotatable bonds is 4. The molecule has 4 heteroatoms. The normalized spacial score (nSPS) is 9.46. The smallest absolute Gasteiger partial charge is 0.169 e. The van der Waals surface area contributed by atoms with Crippen molar-refractivity contribution in [3.8, 4) is 17.2 Å². The summed E-state index contributed by atoms with van der Waals surface area (Å²) in [7, 11) is 4.58. The van der Waals surface area contributed by atoms with Crippen molar-refractivity contribution in [2.75, 3.05) is 21.3 Å². The zero-order chi connectivity index (χ0) is 9.68. The van der Waals surface area contributed by atoms with Crippen LogP contribution in [0.1, 0.15) is 0 Å². The van der Waals surface area contributed by atoms with Gasteiger partial charge in [0, 0.05) is 6.07 Å². The number of methoxy groups -OCH3 is 2. The average Bonchev–Trinajstić information content (AvgIpc) is 2.18. The van der Waals surface area contributed by atoms with Gasteiger partial charge >= 0.3 is 0 Å². The predicted molar refractivity (Wildman–Crippen MR) is 47.2 cm³/mol. The summed E-state index contributed by atoms with van der Waals surface area (Å²) in [6.07, 6.45) is 0.